The first-order chi connectivity index (χ1) is 9.83. The maximum absolute atomic E-state index is 12.4. The molecule has 1 aliphatic rings. The summed E-state index contributed by atoms with van der Waals surface area (Å²) in [5.41, 5.74) is 0.470. The molecular weight excluding hydrogens is 290 g/mol. The van der Waals surface area contributed by atoms with Crippen molar-refractivity contribution < 1.29 is 18.0 Å². The molecule has 110 valence electrons. The van der Waals surface area contributed by atoms with Gasteiger partial charge in [0.25, 0.3) is 0 Å². The van der Waals surface area contributed by atoms with E-state index in [0.29, 0.717) is 5.56 Å². The first-order valence-corrected chi connectivity index (χ1v) is 8.62. The van der Waals surface area contributed by atoms with E-state index in [2.05, 4.69) is 0 Å². The van der Waals surface area contributed by atoms with Crippen LogP contribution in [0.5, 0.6) is 0 Å². The molecule has 6 heteroatoms. The Bertz CT molecular complexity index is 726. The number of hydrogen-bond acceptors (Lipinski definition) is 5. The molecule has 1 saturated carbocycles. The number of ketones is 2. The number of Topliss-reactive ketones (excluding diaryl/α,β-unsaturated/α-hetero) is 2. The second-order valence-corrected chi connectivity index (χ2v) is 7.47. The largest absolute Gasteiger partial charge is 0.297 e. The lowest BCUT2D eigenvalue weighted by Crippen LogP contribution is -2.25. The van der Waals surface area contributed by atoms with Gasteiger partial charge in [-0.15, -0.1) is 0 Å². The van der Waals surface area contributed by atoms with E-state index in [0.717, 1.165) is 19.1 Å². The minimum absolute atomic E-state index is 0.142. The van der Waals surface area contributed by atoms with Crippen LogP contribution in [0.2, 0.25) is 0 Å². The zero-order valence-corrected chi connectivity index (χ0v) is 12.4. The minimum Gasteiger partial charge on any atom is -0.297 e. The topological polar surface area (TPSA) is 92.1 Å². The first-order valence-electron chi connectivity index (χ1n) is 6.56. The van der Waals surface area contributed by atoms with Gasteiger partial charge in [0.15, 0.2) is 27.3 Å². The zero-order valence-electron chi connectivity index (χ0n) is 11.6. The Kier molecular flexibility index (Phi) is 4.24. The van der Waals surface area contributed by atoms with Gasteiger partial charge in [-0.3, -0.25) is 9.59 Å². The van der Waals surface area contributed by atoms with E-state index in [1.54, 1.807) is 18.2 Å². The minimum atomic E-state index is -3.31. The second-order valence-electron chi connectivity index (χ2n) is 5.33. The highest BCUT2D eigenvalue weighted by Gasteiger charge is 2.39. The monoisotopic (exact) mass is 305 g/mol. The van der Waals surface area contributed by atoms with E-state index < -0.39 is 21.5 Å². The van der Waals surface area contributed by atoms with Gasteiger partial charge in [0.1, 0.15) is 0 Å². The molecule has 1 aromatic rings. The molecule has 0 aromatic heterocycles. The molecule has 0 N–H and O–H groups in total. The van der Waals surface area contributed by atoms with Crippen LogP contribution in [0.3, 0.4) is 0 Å². The molecule has 0 heterocycles. The van der Waals surface area contributed by atoms with Gasteiger partial charge in [0.05, 0.1) is 11.8 Å². The lowest BCUT2D eigenvalue weighted by Gasteiger charge is -2.11. The lowest BCUT2D eigenvalue weighted by molar-refractivity contribution is -0.121. The summed E-state index contributed by atoms with van der Waals surface area (Å²) in [6.07, 6.45) is 2.51. The summed E-state index contributed by atoms with van der Waals surface area (Å²) < 4.78 is 22.8. The number of hydrogen-bond donors (Lipinski definition) is 0. The Balaban J connectivity index is 2.34. The predicted molar refractivity (Wildman–Crippen MR) is 76.2 cm³/mol. The van der Waals surface area contributed by atoms with Crippen LogP contribution >= 0.6 is 0 Å². The summed E-state index contributed by atoms with van der Waals surface area (Å²) in [4.78, 5) is 24.4. The van der Waals surface area contributed by atoms with Gasteiger partial charge < -0.3 is 0 Å². The molecule has 1 unspecified atom stereocenters. The van der Waals surface area contributed by atoms with Gasteiger partial charge in [-0.05, 0) is 18.4 Å². The Morgan fingerprint density at radius 2 is 1.95 bits per heavy atom. The summed E-state index contributed by atoms with van der Waals surface area (Å²) in [5.74, 6) is -2.77. The third-order valence-electron chi connectivity index (χ3n) is 3.36. The number of nitriles is 1. The average molecular weight is 305 g/mol. The Morgan fingerprint density at radius 3 is 2.48 bits per heavy atom. The maximum Gasteiger partial charge on any atom is 0.187 e. The lowest BCUT2D eigenvalue weighted by atomic mass is 9.90. The van der Waals surface area contributed by atoms with Crippen molar-refractivity contribution in [2.45, 2.75) is 18.6 Å². The molecule has 1 aliphatic carbocycles. The number of carbonyl (C=O) groups excluding carboxylic acids is 2. The quantitative estimate of drug-likeness (QED) is 0.587. The van der Waals surface area contributed by atoms with Crippen molar-refractivity contribution in [2.24, 2.45) is 11.8 Å². The maximum atomic E-state index is 12.4. The van der Waals surface area contributed by atoms with Crippen molar-refractivity contribution in [1.29, 1.82) is 5.26 Å². The molecule has 0 spiro atoms. The molecule has 1 atom stereocenters. The van der Waals surface area contributed by atoms with E-state index in [-0.39, 0.29) is 23.0 Å². The van der Waals surface area contributed by atoms with Crippen molar-refractivity contribution in [3.8, 4) is 6.07 Å². The van der Waals surface area contributed by atoms with Crippen LogP contribution in [0.25, 0.3) is 0 Å². The Hall–Kier alpha value is -2.00. The highest BCUT2D eigenvalue weighted by molar-refractivity contribution is 7.89. The molecule has 0 bridgehead atoms. The standard InChI is InChI=1S/C15H15NO4S/c1-21(19,20)9-11-4-2-3-5-12(11)15(18)13(8-16)14(17)10-6-7-10/h2-5,10,13H,6-7,9H2,1H3. The van der Waals surface area contributed by atoms with Crippen LogP contribution in [0.4, 0.5) is 0 Å². The van der Waals surface area contributed by atoms with Crippen LogP contribution in [0, 0.1) is 23.2 Å². The van der Waals surface area contributed by atoms with Gasteiger partial charge in [-0.25, -0.2) is 8.42 Å². The summed E-state index contributed by atoms with van der Waals surface area (Å²) in [5, 5.41) is 9.12. The number of nitrogens with zero attached hydrogens (tertiary/aromatic N) is 1. The predicted octanol–water partition coefficient (Wildman–Crippen LogP) is 1.53. The summed E-state index contributed by atoms with van der Waals surface area (Å²) in [6.45, 7) is 0. The Morgan fingerprint density at radius 1 is 1.33 bits per heavy atom. The molecular formula is C15H15NO4S. The van der Waals surface area contributed by atoms with Gasteiger partial charge in [-0.1, -0.05) is 24.3 Å². The van der Waals surface area contributed by atoms with Crippen molar-refractivity contribution in [3.05, 3.63) is 35.4 Å². The molecule has 0 radical (unpaired) electrons. The summed E-state index contributed by atoms with van der Waals surface area (Å²) in [6, 6.07) is 7.98. The summed E-state index contributed by atoms with van der Waals surface area (Å²) >= 11 is 0. The smallest absolute Gasteiger partial charge is 0.187 e. The van der Waals surface area contributed by atoms with Gasteiger partial charge in [0.2, 0.25) is 0 Å². The van der Waals surface area contributed by atoms with Gasteiger partial charge in [0, 0.05) is 17.7 Å². The van der Waals surface area contributed by atoms with Gasteiger partial charge >= 0.3 is 0 Å². The molecule has 21 heavy (non-hydrogen) atoms. The third kappa shape index (κ3) is 3.76. The van der Waals surface area contributed by atoms with E-state index >= 15 is 0 Å². The third-order valence-corrected chi connectivity index (χ3v) is 4.19. The molecule has 0 amide bonds. The fourth-order valence-corrected chi connectivity index (χ4v) is 3.00. The van der Waals surface area contributed by atoms with Crippen molar-refractivity contribution >= 4 is 21.4 Å². The molecule has 0 aliphatic heterocycles. The second kappa shape index (κ2) is 5.78. The van der Waals surface area contributed by atoms with Gasteiger partial charge in [-0.2, -0.15) is 5.26 Å². The fraction of sp³-hybridized carbons (Fsp3) is 0.400. The number of benzene rings is 1. The van der Waals surface area contributed by atoms with Crippen LogP contribution in [-0.2, 0) is 20.4 Å². The van der Waals surface area contributed by atoms with E-state index in [1.165, 1.54) is 12.1 Å². The fourth-order valence-electron chi connectivity index (χ4n) is 2.18. The van der Waals surface area contributed by atoms with Crippen molar-refractivity contribution in [3.63, 3.8) is 0 Å². The van der Waals surface area contributed by atoms with E-state index in [9.17, 15) is 18.0 Å². The van der Waals surface area contributed by atoms with Crippen LogP contribution in [0.15, 0.2) is 24.3 Å². The molecule has 2 rings (SSSR count). The number of rotatable bonds is 6. The van der Waals surface area contributed by atoms with Crippen LogP contribution in [0.1, 0.15) is 28.8 Å². The number of carbonyl (C=O) groups is 2. The highest BCUT2D eigenvalue weighted by Crippen LogP contribution is 2.33. The normalized spacial score (nSPS) is 16.0. The van der Waals surface area contributed by atoms with Crippen molar-refractivity contribution in [1.82, 2.24) is 0 Å². The Labute approximate surface area is 123 Å². The van der Waals surface area contributed by atoms with E-state index in [4.69, 9.17) is 5.26 Å². The van der Waals surface area contributed by atoms with Crippen molar-refractivity contribution in [2.75, 3.05) is 6.26 Å². The van der Waals surface area contributed by atoms with Crippen LogP contribution in [-0.4, -0.2) is 26.2 Å². The average Bonchev–Trinajstić information content (AvgIpc) is 3.22. The first kappa shape index (κ1) is 15.4. The van der Waals surface area contributed by atoms with Crippen LogP contribution < -0.4 is 0 Å². The summed E-state index contributed by atoms with van der Waals surface area (Å²) in [7, 11) is -3.31. The highest BCUT2D eigenvalue weighted by atomic mass is 32.2. The molecule has 0 saturated heterocycles. The molecule has 1 fully saturated rings. The zero-order chi connectivity index (χ0) is 15.6. The number of sulfone groups is 1. The molecule has 5 nitrogen and oxygen atoms in total. The molecule has 1 aromatic carbocycles. The van der Waals surface area contributed by atoms with E-state index in [1.807, 2.05) is 0 Å². The SMILES string of the molecule is CS(=O)(=O)Cc1ccccc1C(=O)C(C#N)C(=O)C1CC1.